The summed E-state index contributed by atoms with van der Waals surface area (Å²) in [5, 5.41) is 0. The lowest BCUT2D eigenvalue weighted by atomic mass is 9.95. The Kier molecular flexibility index (Phi) is 6.11. The molecule has 0 atom stereocenters. The molecule has 0 aliphatic carbocycles. The van der Waals surface area contributed by atoms with Crippen molar-refractivity contribution in [2.24, 2.45) is 0 Å². The number of benzene rings is 3. The van der Waals surface area contributed by atoms with Gasteiger partial charge in [-0.1, -0.05) is 28.1 Å². The van der Waals surface area contributed by atoms with E-state index >= 15 is 0 Å². The Morgan fingerprint density at radius 3 is 2.35 bits per heavy atom. The number of ether oxygens (including phenoxy) is 5. The molecule has 3 aromatic carbocycles. The molecule has 0 unspecified atom stereocenters. The summed E-state index contributed by atoms with van der Waals surface area (Å²) in [5.41, 5.74) is 3.46. The van der Waals surface area contributed by atoms with Gasteiger partial charge in [-0.2, -0.15) is 0 Å². The van der Waals surface area contributed by atoms with Gasteiger partial charge in [0.1, 0.15) is 11.5 Å². The summed E-state index contributed by atoms with van der Waals surface area (Å²) in [4.78, 5) is 12.5. The van der Waals surface area contributed by atoms with Crippen molar-refractivity contribution in [2.75, 3.05) is 28.1 Å². The predicted molar refractivity (Wildman–Crippen MR) is 123 cm³/mol. The van der Waals surface area contributed by atoms with E-state index in [1.807, 2.05) is 30.3 Å². The van der Waals surface area contributed by atoms with Gasteiger partial charge in [0.05, 0.1) is 31.4 Å². The van der Waals surface area contributed by atoms with Crippen molar-refractivity contribution in [3.8, 4) is 45.3 Å². The van der Waals surface area contributed by atoms with Gasteiger partial charge in [0.2, 0.25) is 6.79 Å². The number of hydrogen-bond donors (Lipinski definition) is 0. The molecule has 160 valence electrons. The second-order valence-corrected chi connectivity index (χ2v) is 8.25. The van der Waals surface area contributed by atoms with Gasteiger partial charge in [-0.05, 0) is 51.8 Å². The van der Waals surface area contributed by atoms with Crippen LogP contribution in [0.15, 0.2) is 51.4 Å². The second kappa shape index (κ2) is 8.80. The van der Waals surface area contributed by atoms with Gasteiger partial charge in [-0.15, -0.1) is 0 Å². The average Bonchev–Trinajstić information content (AvgIpc) is 3.25. The molecular weight excluding hydrogens is 532 g/mol. The Hall–Kier alpha value is -2.71. The number of methoxy groups -OCH3 is 3. The van der Waals surface area contributed by atoms with E-state index in [0.717, 1.165) is 26.9 Å². The zero-order valence-electron chi connectivity index (χ0n) is 17.0. The van der Waals surface area contributed by atoms with Crippen LogP contribution < -0.4 is 18.9 Å². The zero-order chi connectivity index (χ0) is 22.1. The molecule has 0 fully saturated rings. The summed E-state index contributed by atoms with van der Waals surface area (Å²) < 4.78 is 28.5. The Morgan fingerprint density at radius 1 is 0.935 bits per heavy atom. The fourth-order valence-corrected chi connectivity index (χ4v) is 5.19. The summed E-state index contributed by atoms with van der Waals surface area (Å²) in [7, 11) is 4.56. The highest BCUT2D eigenvalue weighted by atomic mass is 79.9. The summed E-state index contributed by atoms with van der Waals surface area (Å²) in [6, 6.07) is 13.0. The molecule has 1 aliphatic rings. The molecule has 31 heavy (non-hydrogen) atoms. The third-order valence-corrected chi connectivity index (χ3v) is 6.33. The summed E-state index contributed by atoms with van der Waals surface area (Å²) in [6.45, 7) is 0.0971. The molecule has 0 aromatic heterocycles. The van der Waals surface area contributed by atoms with E-state index in [-0.39, 0.29) is 6.79 Å². The molecular formula is C23H18Br2O6. The third kappa shape index (κ3) is 3.85. The summed E-state index contributed by atoms with van der Waals surface area (Å²) in [6.07, 6.45) is 0. The van der Waals surface area contributed by atoms with Gasteiger partial charge >= 0.3 is 5.97 Å². The maximum absolute atomic E-state index is 12.5. The van der Waals surface area contributed by atoms with Crippen LogP contribution in [0.3, 0.4) is 0 Å². The van der Waals surface area contributed by atoms with E-state index in [4.69, 9.17) is 23.7 Å². The van der Waals surface area contributed by atoms with Crippen molar-refractivity contribution in [1.82, 2.24) is 0 Å². The average molecular weight is 550 g/mol. The van der Waals surface area contributed by atoms with E-state index in [1.54, 1.807) is 26.4 Å². The molecule has 3 aromatic rings. The van der Waals surface area contributed by atoms with Crippen LogP contribution >= 0.6 is 31.9 Å². The fourth-order valence-electron chi connectivity index (χ4n) is 3.48. The first-order chi connectivity index (χ1) is 15.0. The second-order valence-electron chi connectivity index (χ2n) is 6.60. The van der Waals surface area contributed by atoms with Crippen molar-refractivity contribution >= 4 is 37.8 Å². The van der Waals surface area contributed by atoms with Crippen LogP contribution in [0.4, 0.5) is 0 Å². The van der Waals surface area contributed by atoms with Crippen LogP contribution in [0.1, 0.15) is 10.4 Å². The zero-order valence-corrected chi connectivity index (χ0v) is 20.1. The van der Waals surface area contributed by atoms with Crippen LogP contribution in [0, 0.1) is 0 Å². The van der Waals surface area contributed by atoms with Crippen molar-refractivity contribution in [1.29, 1.82) is 0 Å². The number of fused-ring (bicyclic) bond motifs is 1. The monoisotopic (exact) mass is 548 g/mol. The fraction of sp³-hybridized carbons (Fsp3) is 0.174. The van der Waals surface area contributed by atoms with Gasteiger partial charge in [0, 0.05) is 21.2 Å². The lowest BCUT2D eigenvalue weighted by Gasteiger charge is -2.19. The molecule has 0 N–H and O–H groups in total. The van der Waals surface area contributed by atoms with Gasteiger partial charge in [0.15, 0.2) is 11.5 Å². The Balaban J connectivity index is 1.96. The van der Waals surface area contributed by atoms with Crippen molar-refractivity contribution < 1.29 is 28.5 Å². The lowest BCUT2D eigenvalue weighted by Crippen LogP contribution is -2.05. The van der Waals surface area contributed by atoms with Crippen LogP contribution in [0.2, 0.25) is 0 Å². The molecule has 0 spiro atoms. The van der Waals surface area contributed by atoms with Crippen LogP contribution in [-0.2, 0) is 4.74 Å². The highest BCUT2D eigenvalue weighted by Gasteiger charge is 2.27. The van der Waals surface area contributed by atoms with E-state index in [9.17, 15) is 4.79 Å². The molecule has 0 bridgehead atoms. The topological polar surface area (TPSA) is 63.2 Å². The first-order valence-corrected chi connectivity index (χ1v) is 10.8. The maximum Gasteiger partial charge on any atom is 0.338 e. The summed E-state index contributed by atoms with van der Waals surface area (Å²) >= 11 is 7.36. The minimum absolute atomic E-state index is 0.0971. The number of carbonyl (C=O) groups excluding carboxylic acids is 1. The van der Waals surface area contributed by atoms with Gasteiger partial charge in [-0.3, -0.25) is 0 Å². The molecule has 0 radical (unpaired) electrons. The van der Waals surface area contributed by atoms with Crippen LogP contribution in [0.5, 0.6) is 23.0 Å². The number of halogens is 2. The molecule has 1 heterocycles. The number of esters is 1. The Bertz CT molecular complexity index is 1180. The van der Waals surface area contributed by atoms with E-state index in [2.05, 4.69) is 31.9 Å². The van der Waals surface area contributed by atoms with E-state index in [1.165, 1.54) is 7.11 Å². The van der Waals surface area contributed by atoms with E-state index < -0.39 is 5.97 Å². The minimum atomic E-state index is -0.483. The first-order valence-electron chi connectivity index (χ1n) is 9.21. The number of hydrogen-bond acceptors (Lipinski definition) is 6. The largest absolute Gasteiger partial charge is 0.497 e. The quantitative estimate of drug-likeness (QED) is 0.359. The molecule has 0 amide bonds. The first kappa shape index (κ1) is 21.5. The number of carbonyl (C=O) groups is 1. The predicted octanol–water partition coefficient (Wildman–Crippen LogP) is 6.08. The van der Waals surface area contributed by atoms with Gasteiger partial charge in [-0.25, -0.2) is 4.79 Å². The molecule has 4 rings (SSSR count). The Labute approximate surface area is 196 Å². The molecule has 8 heteroatoms. The van der Waals surface area contributed by atoms with Crippen LogP contribution in [-0.4, -0.2) is 34.1 Å². The van der Waals surface area contributed by atoms with Gasteiger partial charge in [0.25, 0.3) is 0 Å². The maximum atomic E-state index is 12.5. The molecule has 0 saturated heterocycles. The van der Waals surface area contributed by atoms with Crippen LogP contribution in [0.25, 0.3) is 22.3 Å². The van der Waals surface area contributed by atoms with E-state index in [0.29, 0.717) is 32.8 Å². The normalized spacial score (nSPS) is 11.9. The standard InChI is InChI=1S/C23H18Br2O6/c1-27-13-6-4-5-12(7-13)14-8-17(24)20(21(25)22(14)28-2)15-9-18-19(31-11-30-18)10-16(15)23(26)29-3/h4-10H,11H2,1-3H3. The minimum Gasteiger partial charge on any atom is -0.497 e. The summed E-state index contributed by atoms with van der Waals surface area (Å²) in [5.74, 6) is 1.91. The highest BCUT2D eigenvalue weighted by molar-refractivity contribution is 9.11. The highest BCUT2D eigenvalue weighted by Crippen LogP contribution is 2.49. The van der Waals surface area contributed by atoms with Gasteiger partial charge < -0.3 is 23.7 Å². The Morgan fingerprint density at radius 2 is 1.68 bits per heavy atom. The third-order valence-electron chi connectivity index (χ3n) is 4.95. The van der Waals surface area contributed by atoms with Crippen molar-refractivity contribution in [2.45, 2.75) is 0 Å². The van der Waals surface area contributed by atoms with Crippen molar-refractivity contribution in [3.63, 3.8) is 0 Å². The SMILES string of the molecule is COC(=O)c1cc2c(cc1-c1c(Br)cc(-c3cccc(OC)c3)c(OC)c1Br)OCO2. The lowest BCUT2D eigenvalue weighted by molar-refractivity contribution is 0.0601. The smallest absolute Gasteiger partial charge is 0.338 e. The number of rotatable bonds is 5. The molecule has 0 saturated carbocycles. The van der Waals surface area contributed by atoms with Crippen molar-refractivity contribution in [3.05, 3.63) is 57.0 Å². The molecule has 6 nitrogen and oxygen atoms in total. The molecule has 1 aliphatic heterocycles.